The molecule has 0 aliphatic carbocycles. The Morgan fingerprint density at radius 3 is 2.80 bits per heavy atom. The van der Waals surface area contributed by atoms with Crippen molar-refractivity contribution in [1.82, 2.24) is 9.55 Å². The van der Waals surface area contributed by atoms with Gasteiger partial charge in [-0.05, 0) is 52.3 Å². The van der Waals surface area contributed by atoms with Gasteiger partial charge in [0.25, 0.3) is 0 Å². The lowest BCUT2D eigenvalue weighted by atomic mass is 10.1. The van der Waals surface area contributed by atoms with Gasteiger partial charge in [0, 0.05) is 6.07 Å². The van der Waals surface area contributed by atoms with E-state index in [9.17, 15) is 4.39 Å². The standard InChI is InChI=1S/C15H12BrFN2S/c1-2-9-5-3-4-6-13(9)19-14-7-10(16)11(17)8-12(14)18-15(19)20/h3-8H,2H2,1H3,(H,18,20). The molecule has 0 unspecified atom stereocenters. The number of benzene rings is 2. The Morgan fingerprint density at radius 2 is 2.05 bits per heavy atom. The lowest BCUT2D eigenvalue weighted by Gasteiger charge is -2.10. The van der Waals surface area contributed by atoms with E-state index in [1.54, 1.807) is 6.07 Å². The van der Waals surface area contributed by atoms with Crippen LogP contribution in [0.15, 0.2) is 40.9 Å². The highest BCUT2D eigenvalue weighted by Gasteiger charge is 2.12. The zero-order chi connectivity index (χ0) is 14.3. The number of para-hydroxylation sites is 1. The van der Waals surface area contributed by atoms with Crippen LogP contribution in [0.4, 0.5) is 4.39 Å². The van der Waals surface area contributed by atoms with Crippen molar-refractivity contribution >= 4 is 39.2 Å². The lowest BCUT2D eigenvalue weighted by molar-refractivity contribution is 0.623. The van der Waals surface area contributed by atoms with Crippen LogP contribution in [-0.4, -0.2) is 9.55 Å². The first-order valence-electron chi connectivity index (χ1n) is 6.30. The fourth-order valence-corrected chi connectivity index (χ4v) is 3.01. The number of nitrogens with zero attached hydrogens (tertiary/aromatic N) is 1. The molecule has 0 spiro atoms. The highest BCUT2D eigenvalue weighted by molar-refractivity contribution is 9.10. The van der Waals surface area contributed by atoms with Crippen LogP contribution in [0.1, 0.15) is 12.5 Å². The Kier molecular flexibility index (Phi) is 3.48. The third kappa shape index (κ3) is 2.11. The van der Waals surface area contributed by atoms with Gasteiger partial charge in [-0.3, -0.25) is 4.57 Å². The third-order valence-corrected chi connectivity index (χ3v) is 4.23. The van der Waals surface area contributed by atoms with E-state index in [-0.39, 0.29) is 5.82 Å². The average molecular weight is 351 g/mol. The number of halogens is 2. The van der Waals surface area contributed by atoms with Crippen molar-refractivity contribution in [1.29, 1.82) is 0 Å². The molecule has 2 nitrogen and oxygen atoms in total. The second kappa shape index (κ2) is 5.14. The van der Waals surface area contributed by atoms with E-state index in [4.69, 9.17) is 12.2 Å². The summed E-state index contributed by atoms with van der Waals surface area (Å²) in [6, 6.07) is 11.3. The molecule has 102 valence electrons. The Bertz CT molecular complexity index is 851. The molecule has 3 rings (SSSR count). The number of H-pyrrole nitrogens is 1. The highest BCUT2D eigenvalue weighted by atomic mass is 79.9. The average Bonchev–Trinajstić information content (AvgIpc) is 2.74. The van der Waals surface area contributed by atoms with Crippen LogP contribution in [0.3, 0.4) is 0 Å². The molecule has 0 aliphatic heterocycles. The highest BCUT2D eigenvalue weighted by Crippen LogP contribution is 2.27. The molecule has 0 saturated carbocycles. The van der Waals surface area contributed by atoms with Crippen LogP contribution in [0.25, 0.3) is 16.7 Å². The van der Waals surface area contributed by atoms with E-state index in [0.717, 1.165) is 17.6 Å². The van der Waals surface area contributed by atoms with Gasteiger partial charge in [-0.25, -0.2) is 4.39 Å². The molecule has 5 heteroatoms. The number of rotatable bonds is 2. The maximum atomic E-state index is 13.6. The summed E-state index contributed by atoms with van der Waals surface area (Å²) in [6.07, 6.45) is 0.910. The van der Waals surface area contributed by atoms with Crippen molar-refractivity contribution in [2.45, 2.75) is 13.3 Å². The van der Waals surface area contributed by atoms with Crippen LogP contribution in [0, 0.1) is 10.6 Å². The van der Waals surface area contributed by atoms with E-state index in [1.807, 2.05) is 22.8 Å². The van der Waals surface area contributed by atoms with Gasteiger partial charge in [-0.2, -0.15) is 0 Å². The molecule has 0 saturated heterocycles. The minimum Gasteiger partial charge on any atom is -0.330 e. The number of hydrogen-bond donors (Lipinski definition) is 1. The molecule has 0 fully saturated rings. The predicted octanol–water partition coefficient (Wildman–Crippen LogP) is 5.15. The topological polar surface area (TPSA) is 20.7 Å². The van der Waals surface area contributed by atoms with Crippen LogP contribution in [0.5, 0.6) is 0 Å². The predicted molar refractivity (Wildman–Crippen MR) is 85.5 cm³/mol. The van der Waals surface area contributed by atoms with Crippen molar-refractivity contribution in [3.8, 4) is 5.69 Å². The summed E-state index contributed by atoms with van der Waals surface area (Å²) in [5.41, 5.74) is 3.79. The number of aromatic amines is 1. The molecule has 0 atom stereocenters. The second-order valence-corrected chi connectivity index (χ2v) is 5.77. The van der Waals surface area contributed by atoms with Crippen LogP contribution < -0.4 is 0 Å². The number of imidazole rings is 1. The lowest BCUT2D eigenvalue weighted by Crippen LogP contribution is -1.99. The number of aromatic nitrogens is 2. The summed E-state index contributed by atoms with van der Waals surface area (Å²) < 4.78 is 16.6. The Balaban J connectivity index is 2.39. The first-order valence-corrected chi connectivity index (χ1v) is 7.50. The molecule has 1 aromatic heterocycles. The molecule has 1 heterocycles. The zero-order valence-electron chi connectivity index (χ0n) is 10.8. The van der Waals surface area contributed by atoms with E-state index < -0.39 is 0 Å². The summed E-state index contributed by atoms with van der Waals surface area (Å²) in [6.45, 7) is 2.10. The van der Waals surface area contributed by atoms with Gasteiger partial charge in [0.15, 0.2) is 4.77 Å². The van der Waals surface area contributed by atoms with E-state index >= 15 is 0 Å². The Labute approximate surface area is 129 Å². The number of nitrogens with one attached hydrogen (secondary N) is 1. The minimum atomic E-state index is -0.301. The molecule has 1 N–H and O–H groups in total. The molecule has 0 radical (unpaired) electrons. The van der Waals surface area contributed by atoms with Gasteiger partial charge >= 0.3 is 0 Å². The van der Waals surface area contributed by atoms with Crippen LogP contribution in [0.2, 0.25) is 0 Å². The zero-order valence-corrected chi connectivity index (χ0v) is 13.2. The summed E-state index contributed by atoms with van der Waals surface area (Å²) >= 11 is 8.63. The molecular weight excluding hydrogens is 339 g/mol. The van der Waals surface area contributed by atoms with E-state index in [0.29, 0.717) is 14.8 Å². The van der Waals surface area contributed by atoms with Gasteiger partial charge in [0.05, 0.1) is 21.2 Å². The van der Waals surface area contributed by atoms with Crippen LogP contribution >= 0.6 is 28.1 Å². The molecule has 0 amide bonds. The van der Waals surface area contributed by atoms with E-state index in [1.165, 1.54) is 11.6 Å². The first kappa shape index (κ1) is 13.5. The van der Waals surface area contributed by atoms with E-state index in [2.05, 4.69) is 33.9 Å². The summed E-state index contributed by atoms with van der Waals surface area (Å²) in [7, 11) is 0. The van der Waals surface area contributed by atoms with Gasteiger partial charge in [-0.1, -0.05) is 25.1 Å². The monoisotopic (exact) mass is 350 g/mol. The van der Waals surface area contributed by atoms with Gasteiger partial charge in [-0.15, -0.1) is 0 Å². The van der Waals surface area contributed by atoms with Crippen LogP contribution in [-0.2, 0) is 6.42 Å². The minimum absolute atomic E-state index is 0.301. The normalized spacial score (nSPS) is 11.2. The summed E-state index contributed by atoms with van der Waals surface area (Å²) in [5, 5.41) is 0. The number of fused-ring (bicyclic) bond motifs is 1. The second-order valence-electron chi connectivity index (χ2n) is 4.53. The largest absolute Gasteiger partial charge is 0.330 e. The fraction of sp³-hybridized carbons (Fsp3) is 0.133. The summed E-state index contributed by atoms with van der Waals surface area (Å²) in [4.78, 5) is 3.06. The van der Waals surface area contributed by atoms with Crippen molar-refractivity contribution in [3.63, 3.8) is 0 Å². The molecule has 20 heavy (non-hydrogen) atoms. The quantitative estimate of drug-likeness (QED) is 0.633. The Hall–Kier alpha value is -1.46. The van der Waals surface area contributed by atoms with Crippen molar-refractivity contribution < 1.29 is 4.39 Å². The molecule has 0 aliphatic rings. The first-order chi connectivity index (χ1) is 9.61. The number of hydrogen-bond acceptors (Lipinski definition) is 1. The summed E-state index contributed by atoms with van der Waals surface area (Å²) in [5.74, 6) is -0.301. The molecule has 2 aromatic carbocycles. The van der Waals surface area contributed by atoms with Crippen molar-refractivity contribution in [3.05, 3.63) is 57.0 Å². The smallest absolute Gasteiger partial charge is 0.182 e. The Morgan fingerprint density at radius 1 is 1.30 bits per heavy atom. The van der Waals surface area contributed by atoms with Crippen molar-refractivity contribution in [2.75, 3.05) is 0 Å². The maximum Gasteiger partial charge on any atom is 0.182 e. The third-order valence-electron chi connectivity index (χ3n) is 3.34. The molecule has 0 bridgehead atoms. The van der Waals surface area contributed by atoms with Crippen molar-refractivity contribution in [2.24, 2.45) is 0 Å². The van der Waals surface area contributed by atoms with Gasteiger partial charge in [0.1, 0.15) is 5.82 Å². The molecular formula is C15H12BrFN2S. The maximum absolute atomic E-state index is 13.6. The number of aryl methyl sites for hydroxylation is 1. The molecule has 3 aromatic rings. The van der Waals surface area contributed by atoms with Gasteiger partial charge in [0.2, 0.25) is 0 Å². The fourth-order valence-electron chi connectivity index (χ4n) is 2.37. The van der Waals surface area contributed by atoms with Gasteiger partial charge < -0.3 is 4.98 Å². The SMILES string of the molecule is CCc1ccccc1-n1c(=S)[nH]c2cc(F)c(Br)cc21.